The summed E-state index contributed by atoms with van der Waals surface area (Å²) < 4.78 is 17.8. The lowest BCUT2D eigenvalue weighted by Gasteiger charge is -2.02. The first-order valence-electron chi connectivity index (χ1n) is 3.81. The number of methoxy groups -OCH3 is 1. The van der Waals surface area contributed by atoms with Crippen LogP contribution in [0.1, 0.15) is 5.56 Å². The number of nitrogens with two attached hydrogens (primary N) is 1. The Labute approximate surface area is 88.2 Å². The molecule has 0 bridgehead atoms. The van der Waals surface area contributed by atoms with Crippen molar-refractivity contribution in [3.8, 4) is 5.75 Å². The van der Waals surface area contributed by atoms with Crippen LogP contribution in [-0.4, -0.2) is 13.3 Å². The first-order valence-corrected chi connectivity index (χ1v) is 3.81. The molecular weight excluding hydrogens is 207 g/mol. The minimum atomic E-state index is -0.320. The van der Waals surface area contributed by atoms with E-state index in [-0.39, 0.29) is 18.2 Å². The zero-order valence-electron chi connectivity index (χ0n) is 7.74. The third-order valence-electron chi connectivity index (χ3n) is 1.60. The summed E-state index contributed by atoms with van der Waals surface area (Å²) in [6.45, 7) is 0. The molecule has 1 aromatic rings. The van der Waals surface area contributed by atoms with Crippen LogP contribution in [0.2, 0.25) is 0 Å². The SMILES string of the molecule is COc1cc(F)cc(CC=NN)c1.Cl. The molecule has 1 aromatic carbocycles. The molecule has 0 saturated heterocycles. The molecular formula is C9H12ClFN2O. The minimum absolute atomic E-state index is 0. The molecule has 5 heteroatoms. The molecule has 0 aliphatic carbocycles. The number of hydrogen-bond donors (Lipinski definition) is 1. The molecule has 0 aromatic heterocycles. The van der Waals surface area contributed by atoms with Gasteiger partial charge >= 0.3 is 0 Å². The molecule has 2 N–H and O–H groups in total. The van der Waals surface area contributed by atoms with Crippen molar-refractivity contribution in [1.29, 1.82) is 0 Å². The van der Waals surface area contributed by atoms with Gasteiger partial charge in [0.15, 0.2) is 0 Å². The standard InChI is InChI=1S/C9H11FN2O.ClH/c1-13-9-5-7(2-3-12-11)4-8(10)6-9;/h3-6H,2,11H2,1H3;1H. The van der Waals surface area contributed by atoms with E-state index < -0.39 is 0 Å². The predicted octanol–water partition coefficient (Wildman–Crippen LogP) is 1.74. The fraction of sp³-hybridized carbons (Fsp3) is 0.222. The topological polar surface area (TPSA) is 47.6 Å². The molecule has 0 heterocycles. The zero-order valence-corrected chi connectivity index (χ0v) is 8.55. The van der Waals surface area contributed by atoms with Gasteiger partial charge in [-0.3, -0.25) is 0 Å². The summed E-state index contributed by atoms with van der Waals surface area (Å²) in [7, 11) is 1.50. The number of ether oxygens (including phenoxy) is 1. The average molecular weight is 219 g/mol. The maximum absolute atomic E-state index is 12.9. The molecule has 0 aliphatic rings. The molecule has 0 fully saturated rings. The third kappa shape index (κ3) is 3.62. The number of benzene rings is 1. The van der Waals surface area contributed by atoms with Gasteiger partial charge in [-0.1, -0.05) is 0 Å². The van der Waals surface area contributed by atoms with E-state index in [1.165, 1.54) is 25.5 Å². The van der Waals surface area contributed by atoms with Gasteiger partial charge < -0.3 is 10.6 Å². The predicted molar refractivity (Wildman–Crippen MR) is 56.6 cm³/mol. The summed E-state index contributed by atoms with van der Waals surface area (Å²) >= 11 is 0. The number of nitrogens with zero attached hydrogens (tertiary/aromatic N) is 1. The van der Waals surface area contributed by atoms with Crippen molar-refractivity contribution >= 4 is 18.6 Å². The van der Waals surface area contributed by atoms with Gasteiger partial charge in [0.1, 0.15) is 11.6 Å². The molecule has 0 radical (unpaired) electrons. The summed E-state index contributed by atoms with van der Waals surface area (Å²) in [6.07, 6.45) is 2.01. The van der Waals surface area contributed by atoms with Crippen molar-refractivity contribution in [3.63, 3.8) is 0 Å². The lowest BCUT2D eigenvalue weighted by atomic mass is 10.1. The van der Waals surface area contributed by atoms with Crippen molar-refractivity contribution in [2.75, 3.05) is 7.11 Å². The third-order valence-corrected chi connectivity index (χ3v) is 1.60. The highest BCUT2D eigenvalue weighted by atomic mass is 35.5. The highest BCUT2D eigenvalue weighted by molar-refractivity contribution is 5.85. The first-order chi connectivity index (χ1) is 6.26. The minimum Gasteiger partial charge on any atom is -0.497 e. The maximum Gasteiger partial charge on any atom is 0.127 e. The van der Waals surface area contributed by atoms with Crippen molar-refractivity contribution in [2.45, 2.75) is 6.42 Å². The van der Waals surface area contributed by atoms with Gasteiger partial charge in [-0.2, -0.15) is 5.10 Å². The zero-order chi connectivity index (χ0) is 9.68. The van der Waals surface area contributed by atoms with Crippen molar-refractivity contribution in [2.24, 2.45) is 10.9 Å². The van der Waals surface area contributed by atoms with Gasteiger partial charge in [-0.05, 0) is 17.7 Å². The van der Waals surface area contributed by atoms with Crippen LogP contribution in [0, 0.1) is 5.82 Å². The number of rotatable bonds is 3. The van der Waals surface area contributed by atoms with Gasteiger partial charge in [-0.15, -0.1) is 12.4 Å². The Morgan fingerprint density at radius 3 is 2.79 bits per heavy atom. The lowest BCUT2D eigenvalue weighted by Crippen LogP contribution is -1.92. The largest absolute Gasteiger partial charge is 0.497 e. The summed E-state index contributed by atoms with van der Waals surface area (Å²) in [5, 5.41) is 3.33. The fourth-order valence-electron chi connectivity index (χ4n) is 1.01. The Balaban J connectivity index is 0.00000169. The second-order valence-electron chi connectivity index (χ2n) is 2.54. The average Bonchev–Trinajstić information content (AvgIpc) is 2.14. The molecule has 3 nitrogen and oxygen atoms in total. The molecule has 0 atom stereocenters. The monoisotopic (exact) mass is 218 g/mol. The van der Waals surface area contributed by atoms with E-state index in [1.807, 2.05) is 0 Å². The number of halogens is 2. The molecule has 0 saturated carbocycles. The fourth-order valence-corrected chi connectivity index (χ4v) is 1.01. The highest BCUT2D eigenvalue weighted by Gasteiger charge is 1.99. The van der Waals surface area contributed by atoms with Crippen LogP contribution in [0.25, 0.3) is 0 Å². The van der Waals surface area contributed by atoms with E-state index in [0.717, 1.165) is 5.56 Å². The van der Waals surface area contributed by atoms with Crippen LogP contribution in [0.15, 0.2) is 23.3 Å². The van der Waals surface area contributed by atoms with E-state index in [9.17, 15) is 4.39 Å². The summed E-state index contributed by atoms with van der Waals surface area (Å²) in [6, 6.07) is 4.48. The van der Waals surface area contributed by atoms with Crippen LogP contribution in [0.3, 0.4) is 0 Å². The van der Waals surface area contributed by atoms with Gasteiger partial charge in [-0.25, -0.2) is 4.39 Å². The number of hydrogen-bond acceptors (Lipinski definition) is 3. The molecule has 0 amide bonds. The van der Waals surface area contributed by atoms with Crippen LogP contribution in [0.5, 0.6) is 5.75 Å². The molecule has 1 rings (SSSR count). The normalized spacial score (nSPS) is 9.86. The molecule has 0 unspecified atom stereocenters. The van der Waals surface area contributed by atoms with Crippen molar-refractivity contribution < 1.29 is 9.13 Å². The quantitative estimate of drug-likeness (QED) is 0.477. The molecule has 0 aliphatic heterocycles. The van der Waals surface area contributed by atoms with Crippen LogP contribution in [0.4, 0.5) is 4.39 Å². The smallest absolute Gasteiger partial charge is 0.127 e. The summed E-state index contributed by atoms with van der Waals surface area (Å²) in [4.78, 5) is 0. The Morgan fingerprint density at radius 2 is 2.21 bits per heavy atom. The second kappa shape index (κ2) is 6.21. The molecule has 78 valence electrons. The molecule has 0 spiro atoms. The van der Waals surface area contributed by atoms with Crippen LogP contribution < -0.4 is 10.6 Å². The highest BCUT2D eigenvalue weighted by Crippen LogP contribution is 2.15. The van der Waals surface area contributed by atoms with Crippen molar-refractivity contribution in [1.82, 2.24) is 0 Å². The van der Waals surface area contributed by atoms with E-state index in [1.54, 1.807) is 6.07 Å². The van der Waals surface area contributed by atoms with Gasteiger partial charge in [0.2, 0.25) is 0 Å². The Bertz CT molecular complexity index is 318. The van der Waals surface area contributed by atoms with Crippen LogP contribution >= 0.6 is 12.4 Å². The van der Waals surface area contributed by atoms with E-state index >= 15 is 0 Å². The van der Waals surface area contributed by atoms with Gasteiger partial charge in [0.05, 0.1) is 7.11 Å². The first kappa shape index (κ1) is 12.7. The van der Waals surface area contributed by atoms with Crippen molar-refractivity contribution in [3.05, 3.63) is 29.6 Å². The molecule has 14 heavy (non-hydrogen) atoms. The van der Waals surface area contributed by atoms with Gasteiger partial charge in [0, 0.05) is 18.7 Å². The van der Waals surface area contributed by atoms with E-state index in [4.69, 9.17) is 10.6 Å². The van der Waals surface area contributed by atoms with E-state index in [2.05, 4.69) is 5.10 Å². The summed E-state index contributed by atoms with van der Waals surface area (Å²) in [5.41, 5.74) is 0.783. The maximum atomic E-state index is 12.9. The Morgan fingerprint density at radius 1 is 1.50 bits per heavy atom. The Hall–Kier alpha value is -1.29. The summed E-state index contributed by atoms with van der Waals surface area (Å²) in [5.74, 6) is 5.11. The van der Waals surface area contributed by atoms with Gasteiger partial charge in [0.25, 0.3) is 0 Å². The second-order valence-corrected chi connectivity index (χ2v) is 2.54. The van der Waals surface area contributed by atoms with E-state index in [0.29, 0.717) is 12.2 Å². The lowest BCUT2D eigenvalue weighted by molar-refractivity contribution is 0.411. The number of hydrazone groups is 1. The van der Waals surface area contributed by atoms with Crippen LogP contribution in [-0.2, 0) is 6.42 Å². The Kier molecular flexibility index (Phi) is 5.64.